The van der Waals surface area contributed by atoms with Gasteiger partial charge in [-0.1, -0.05) is 6.08 Å². The number of hydrogen-bond acceptors (Lipinski definition) is 8. The summed E-state index contributed by atoms with van der Waals surface area (Å²) in [7, 11) is 3.76. The number of esters is 3. The molecule has 0 aromatic heterocycles. The van der Waals surface area contributed by atoms with Gasteiger partial charge in [0.15, 0.2) is 0 Å². The zero-order valence-corrected chi connectivity index (χ0v) is 16.4. The van der Waals surface area contributed by atoms with Crippen molar-refractivity contribution in [2.45, 2.75) is 18.9 Å². The van der Waals surface area contributed by atoms with Crippen LogP contribution >= 0.6 is 0 Å². The molecule has 8 nitrogen and oxygen atoms in total. The summed E-state index contributed by atoms with van der Waals surface area (Å²) < 4.78 is 14.6. The number of carbonyl (C=O) groups is 3. The van der Waals surface area contributed by atoms with Gasteiger partial charge < -0.3 is 24.4 Å². The highest BCUT2D eigenvalue weighted by Crippen LogP contribution is 2.36. The second-order valence-corrected chi connectivity index (χ2v) is 6.46. The molecule has 1 saturated carbocycles. The Hall–Kier alpha value is -3.55. The van der Waals surface area contributed by atoms with E-state index >= 15 is 0 Å². The molecule has 0 saturated heterocycles. The Morgan fingerprint density at radius 2 is 1.66 bits per heavy atom. The minimum atomic E-state index is -0.720. The number of anilines is 2. The zero-order chi connectivity index (χ0) is 21.0. The van der Waals surface area contributed by atoms with E-state index in [-0.39, 0.29) is 11.3 Å². The Kier molecular flexibility index (Phi) is 6.01. The van der Waals surface area contributed by atoms with Gasteiger partial charge >= 0.3 is 17.9 Å². The lowest BCUT2D eigenvalue weighted by atomic mass is 10.1. The number of nitrogens with one attached hydrogen (secondary N) is 1. The molecule has 29 heavy (non-hydrogen) atoms. The SMILES string of the molecule is COC(=O)C1=C(C(=O)OC)N(c2cc(C(=O)OC)ccc2NC2CC2)C=CC=C1. The van der Waals surface area contributed by atoms with Crippen molar-refractivity contribution in [3.05, 3.63) is 59.5 Å². The molecule has 3 rings (SSSR count). The summed E-state index contributed by atoms with van der Waals surface area (Å²) in [6, 6.07) is 5.31. The number of methoxy groups -OCH3 is 3. The number of nitrogens with zero attached hydrogens (tertiary/aromatic N) is 1. The minimum absolute atomic E-state index is 0.0230. The normalized spacial score (nSPS) is 15.6. The Balaban J connectivity index is 2.20. The van der Waals surface area contributed by atoms with Gasteiger partial charge in [0.05, 0.1) is 43.8 Å². The molecule has 0 atom stereocenters. The van der Waals surface area contributed by atoms with Crippen LogP contribution in [0.1, 0.15) is 23.2 Å². The lowest BCUT2D eigenvalue weighted by Crippen LogP contribution is -2.28. The number of benzene rings is 1. The van der Waals surface area contributed by atoms with Gasteiger partial charge in [-0.25, -0.2) is 14.4 Å². The molecule has 1 aliphatic heterocycles. The van der Waals surface area contributed by atoms with Crippen LogP contribution in [-0.4, -0.2) is 45.3 Å². The molecule has 1 heterocycles. The average Bonchev–Trinajstić information content (AvgIpc) is 3.58. The molecule has 1 fully saturated rings. The van der Waals surface area contributed by atoms with Crippen molar-refractivity contribution in [3.8, 4) is 0 Å². The van der Waals surface area contributed by atoms with Crippen LogP contribution in [0.5, 0.6) is 0 Å². The van der Waals surface area contributed by atoms with E-state index in [2.05, 4.69) is 5.32 Å². The van der Waals surface area contributed by atoms with Crippen LogP contribution in [0.25, 0.3) is 0 Å². The fourth-order valence-electron chi connectivity index (χ4n) is 2.90. The Morgan fingerprint density at radius 3 is 2.28 bits per heavy atom. The molecule has 152 valence electrons. The Bertz CT molecular complexity index is 927. The molecule has 1 aromatic carbocycles. The second kappa shape index (κ2) is 8.64. The summed E-state index contributed by atoms with van der Waals surface area (Å²) >= 11 is 0. The summed E-state index contributed by atoms with van der Waals surface area (Å²) in [5.41, 5.74) is 1.52. The molecule has 0 unspecified atom stereocenters. The van der Waals surface area contributed by atoms with Gasteiger partial charge in [0.2, 0.25) is 0 Å². The Labute approximate surface area is 168 Å². The number of rotatable bonds is 6. The third-order valence-electron chi connectivity index (χ3n) is 4.50. The van der Waals surface area contributed by atoms with Gasteiger partial charge in [-0.15, -0.1) is 0 Å². The van der Waals surface area contributed by atoms with Crippen molar-refractivity contribution < 1.29 is 28.6 Å². The van der Waals surface area contributed by atoms with Crippen LogP contribution in [0.2, 0.25) is 0 Å². The molecule has 2 aliphatic rings. The van der Waals surface area contributed by atoms with E-state index in [0.29, 0.717) is 23.0 Å². The molecule has 0 radical (unpaired) electrons. The lowest BCUT2D eigenvalue weighted by Gasteiger charge is -2.26. The van der Waals surface area contributed by atoms with Gasteiger partial charge in [0.25, 0.3) is 0 Å². The standard InChI is InChI=1S/C21H22N2O6/c1-27-19(24)13-7-10-16(22-14-8-9-14)17(12-13)23-11-5-4-6-15(20(25)28-2)18(23)21(26)29-3/h4-7,10-12,14,22H,8-9H2,1-3H3. The Morgan fingerprint density at radius 1 is 0.966 bits per heavy atom. The number of hydrogen-bond donors (Lipinski definition) is 1. The first kappa shape index (κ1) is 20.2. The van der Waals surface area contributed by atoms with Crippen molar-refractivity contribution >= 4 is 29.3 Å². The highest BCUT2D eigenvalue weighted by atomic mass is 16.5. The van der Waals surface area contributed by atoms with Gasteiger partial charge in [-0.3, -0.25) is 0 Å². The first-order valence-corrected chi connectivity index (χ1v) is 9.04. The molecule has 1 aromatic rings. The van der Waals surface area contributed by atoms with Crippen molar-refractivity contribution in [2.75, 3.05) is 31.5 Å². The van der Waals surface area contributed by atoms with Crippen LogP contribution in [0.4, 0.5) is 11.4 Å². The fraction of sp³-hybridized carbons (Fsp3) is 0.286. The summed E-state index contributed by atoms with van der Waals surface area (Å²) in [5.74, 6) is -1.92. The fourth-order valence-corrected chi connectivity index (χ4v) is 2.90. The topological polar surface area (TPSA) is 94.2 Å². The van der Waals surface area contributed by atoms with E-state index in [9.17, 15) is 14.4 Å². The van der Waals surface area contributed by atoms with Crippen molar-refractivity contribution in [2.24, 2.45) is 0 Å². The number of allylic oxidation sites excluding steroid dienone is 2. The summed E-state index contributed by atoms with van der Waals surface area (Å²) in [5, 5.41) is 3.38. The third-order valence-corrected chi connectivity index (χ3v) is 4.50. The molecule has 0 amide bonds. The predicted molar refractivity (Wildman–Crippen MR) is 106 cm³/mol. The van der Waals surface area contributed by atoms with Gasteiger partial charge in [0.1, 0.15) is 5.70 Å². The first-order chi connectivity index (χ1) is 14.0. The van der Waals surface area contributed by atoms with Crippen molar-refractivity contribution in [3.63, 3.8) is 0 Å². The molecule has 1 N–H and O–H groups in total. The lowest BCUT2D eigenvalue weighted by molar-refractivity contribution is -0.139. The maximum atomic E-state index is 12.6. The third kappa shape index (κ3) is 4.31. The molecular formula is C21H22N2O6. The number of ether oxygens (including phenoxy) is 3. The highest BCUT2D eigenvalue weighted by Gasteiger charge is 2.30. The maximum absolute atomic E-state index is 12.6. The number of carbonyl (C=O) groups excluding carboxylic acids is 3. The van der Waals surface area contributed by atoms with Crippen molar-refractivity contribution in [1.29, 1.82) is 0 Å². The monoisotopic (exact) mass is 398 g/mol. The second-order valence-electron chi connectivity index (χ2n) is 6.46. The van der Waals surface area contributed by atoms with E-state index in [1.54, 1.807) is 36.6 Å². The minimum Gasteiger partial charge on any atom is -0.465 e. The van der Waals surface area contributed by atoms with E-state index in [0.717, 1.165) is 12.8 Å². The first-order valence-electron chi connectivity index (χ1n) is 9.04. The molecule has 0 bridgehead atoms. The van der Waals surface area contributed by atoms with Crippen LogP contribution < -0.4 is 10.2 Å². The van der Waals surface area contributed by atoms with Gasteiger partial charge in [0, 0.05) is 12.2 Å². The summed E-state index contributed by atoms with van der Waals surface area (Å²) in [6.45, 7) is 0. The molecule has 8 heteroatoms. The largest absolute Gasteiger partial charge is 0.465 e. The van der Waals surface area contributed by atoms with Gasteiger partial charge in [-0.2, -0.15) is 0 Å². The molecular weight excluding hydrogens is 376 g/mol. The quantitative estimate of drug-likeness (QED) is 0.577. The molecule has 1 aliphatic carbocycles. The van der Waals surface area contributed by atoms with Gasteiger partial charge in [-0.05, 0) is 43.2 Å². The van der Waals surface area contributed by atoms with E-state index in [1.807, 2.05) is 0 Å². The smallest absolute Gasteiger partial charge is 0.355 e. The highest BCUT2D eigenvalue weighted by molar-refractivity contribution is 6.06. The van der Waals surface area contributed by atoms with Crippen LogP contribution in [0, 0.1) is 0 Å². The van der Waals surface area contributed by atoms with Crippen molar-refractivity contribution in [1.82, 2.24) is 0 Å². The molecule has 0 spiro atoms. The van der Waals surface area contributed by atoms with E-state index < -0.39 is 17.9 Å². The van der Waals surface area contributed by atoms with Crippen LogP contribution in [-0.2, 0) is 23.8 Å². The van der Waals surface area contributed by atoms with E-state index in [1.165, 1.54) is 32.3 Å². The zero-order valence-electron chi connectivity index (χ0n) is 16.4. The maximum Gasteiger partial charge on any atom is 0.355 e. The van der Waals surface area contributed by atoms with Crippen LogP contribution in [0.3, 0.4) is 0 Å². The predicted octanol–water partition coefficient (Wildman–Crippen LogP) is 2.54. The van der Waals surface area contributed by atoms with E-state index in [4.69, 9.17) is 14.2 Å². The summed E-state index contributed by atoms with van der Waals surface area (Å²) in [6.07, 6.45) is 8.45. The average molecular weight is 398 g/mol. The van der Waals surface area contributed by atoms with Crippen LogP contribution in [0.15, 0.2) is 53.9 Å². The summed E-state index contributed by atoms with van der Waals surface area (Å²) in [4.78, 5) is 38.6.